The van der Waals surface area contributed by atoms with Gasteiger partial charge in [-0.15, -0.1) is 0 Å². The van der Waals surface area contributed by atoms with Gasteiger partial charge in [0.15, 0.2) is 0 Å². The minimum atomic E-state index is -0.817. The van der Waals surface area contributed by atoms with E-state index in [-0.39, 0.29) is 21.6 Å². The molecule has 0 radical (unpaired) electrons. The van der Waals surface area contributed by atoms with E-state index in [2.05, 4.69) is 15.3 Å². The fourth-order valence-corrected chi connectivity index (χ4v) is 3.70. The lowest BCUT2D eigenvalue weighted by atomic mass is 10.1. The number of aromatic nitrogens is 3. The van der Waals surface area contributed by atoms with E-state index in [4.69, 9.17) is 27.9 Å². The molecule has 1 aromatic carbocycles. The molecule has 1 N–H and O–H groups in total. The number of benzene rings is 1. The van der Waals surface area contributed by atoms with E-state index >= 15 is 0 Å². The van der Waals surface area contributed by atoms with Crippen molar-refractivity contribution in [3.63, 3.8) is 0 Å². The Bertz CT molecular complexity index is 1280. The molecule has 0 bridgehead atoms. The molecule has 31 heavy (non-hydrogen) atoms. The van der Waals surface area contributed by atoms with Crippen LogP contribution in [0.5, 0.6) is 5.75 Å². The summed E-state index contributed by atoms with van der Waals surface area (Å²) >= 11 is 11.7. The highest BCUT2D eigenvalue weighted by atomic mass is 35.5. The van der Waals surface area contributed by atoms with Crippen LogP contribution >= 0.6 is 23.2 Å². The number of hydrogen-bond acceptors (Lipinski definition) is 5. The number of fused-ring (bicyclic) bond motifs is 1. The zero-order valence-electron chi connectivity index (χ0n) is 16.3. The van der Waals surface area contributed by atoms with E-state index in [0.717, 1.165) is 11.3 Å². The monoisotopic (exact) mass is 454 g/mol. The van der Waals surface area contributed by atoms with Crippen molar-refractivity contribution in [1.29, 1.82) is 0 Å². The van der Waals surface area contributed by atoms with Crippen LogP contribution in [0.3, 0.4) is 0 Å². The number of carbonyl (C=O) groups is 2. The quantitative estimate of drug-likeness (QED) is 0.261. The molecule has 0 saturated carbocycles. The number of carbonyl (C=O) groups excluding carboxylic acids is 2. The molecule has 0 saturated heterocycles. The summed E-state index contributed by atoms with van der Waals surface area (Å²) in [5.41, 5.74) is 2.08. The van der Waals surface area contributed by atoms with Crippen LogP contribution in [-0.4, -0.2) is 33.3 Å². The van der Waals surface area contributed by atoms with Crippen molar-refractivity contribution in [2.45, 2.75) is 6.54 Å². The third-order valence-electron chi connectivity index (χ3n) is 4.59. The number of anilines is 1. The zero-order valence-corrected chi connectivity index (χ0v) is 17.8. The van der Waals surface area contributed by atoms with E-state index in [1.807, 2.05) is 28.8 Å². The van der Waals surface area contributed by atoms with E-state index in [0.29, 0.717) is 17.6 Å². The van der Waals surface area contributed by atoms with Gasteiger partial charge in [0.05, 0.1) is 12.7 Å². The maximum atomic E-state index is 12.9. The number of Topliss-reactive ketones (excluding diaryl/α,β-unsaturated/α-hetero) is 1. The number of rotatable bonds is 6. The van der Waals surface area contributed by atoms with E-state index < -0.39 is 11.7 Å². The Hall–Kier alpha value is -3.42. The molecule has 0 spiro atoms. The van der Waals surface area contributed by atoms with Gasteiger partial charge in [-0.2, -0.15) is 0 Å². The Morgan fingerprint density at radius 1 is 1.10 bits per heavy atom. The molecule has 0 aliphatic rings. The van der Waals surface area contributed by atoms with Gasteiger partial charge in [0.2, 0.25) is 0 Å². The third kappa shape index (κ3) is 4.52. The lowest BCUT2D eigenvalue weighted by Gasteiger charge is -2.06. The molecule has 0 aliphatic carbocycles. The van der Waals surface area contributed by atoms with Crippen molar-refractivity contribution in [2.24, 2.45) is 0 Å². The first kappa shape index (κ1) is 20.8. The molecule has 3 aromatic heterocycles. The van der Waals surface area contributed by atoms with E-state index in [9.17, 15) is 9.59 Å². The van der Waals surface area contributed by atoms with Crippen molar-refractivity contribution in [3.8, 4) is 5.75 Å². The molecule has 7 nitrogen and oxygen atoms in total. The van der Waals surface area contributed by atoms with Crippen molar-refractivity contribution in [3.05, 3.63) is 82.4 Å². The summed E-state index contributed by atoms with van der Waals surface area (Å²) in [5, 5.41) is 3.31. The lowest BCUT2D eigenvalue weighted by molar-refractivity contribution is -0.112. The molecule has 4 rings (SSSR count). The van der Waals surface area contributed by atoms with Gasteiger partial charge < -0.3 is 14.6 Å². The maximum Gasteiger partial charge on any atom is 0.296 e. The highest BCUT2D eigenvalue weighted by molar-refractivity contribution is 6.48. The van der Waals surface area contributed by atoms with Crippen LogP contribution in [0.2, 0.25) is 10.3 Å². The SMILES string of the molecule is COc1cccc(Cn2cc(C(=O)C(=O)Nc3cc(Cl)nc(Cl)c3)c3cccnc32)c1. The summed E-state index contributed by atoms with van der Waals surface area (Å²) in [4.78, 5) is 33.8. The predicted molar refractivity (Wildman–Crippen MR) is 119 cm³/mol. The minimum Gasteiger partial charge on any atom is -0.497 e. The largest absolute Gasteiger partial charge is 0.497 e. The molecule has 3 heterocycles. The fraction of sp³-hybridized carbons (Fsp3) is 0.0909. The number of ketones is 1. The number of nitrogens with zero attached hydrogens (tertiary/aromatic N) is 3. The average Bonchev–Trinajstić information content (AvgIpc) is 3.11. The number of ether oxygens (including phenoxy) is 1. The maximum absolute atomic E-state index is 12.9. The van der Waals surface area contributed by atoms with Crippen LogP contribution < -0.4 is 10.1 Å². The first-order valence-corrected chi connectivity index (χ1v) is 9.96. The van der Waals surface area contributed by atoms with Crippen molar-refractivity contribution >= 4 is 51.6 Å². The summed E-state index contributed by atoms with van der Waals surface area (Å²) in [5.74, 6) is -0.790. The fourth-order valence-electron chi connectivity index (χ4n) is 3.24. The first-order chi connectivity index (χ1) is 14.9. The zero-order chi connectivity index (χ0) is 22.0. The number of methoxy groups -OCH3 is 1. The standard InChI is InChI=1S/C22H16Cl2N4O3/c1-31-15-5-2-4-13(8-15)11-28-12-17(16-6-3-7-25-21(16)28)20(29)22(30)26-14-9-18(23)27-19(24)10-14/h2-10,12H,11H2,1H3,(H,26,27,30). The van der Waals surface area contributed by atoms with Gasteiger partial charge >= 0.3 is 0 Å². The number of hydrogen-bond donors (Lipinski definition) is 1. The van der Waals surface area contributed by atoms with Gasteiger partial charge in [0.1, 0.15) is 21.7 Å². The van der Waals surface area contributed by atoms with E-state index in [1.54, 1.807) is 31.6 Å². The number of halogens is 2. The Balaban J connectivity index is 1.65. The molecule has 0 fully saturated rings. The Kier molecular flexibility index (Phi) is 5.88. The first-order valence-electron chi connectivity index (χ1n) is 9.20. The summed E-state index contributed by atoms with van der Waals surface area (Å²) in [7, 11) is 1.60. The second-order valence-corrected chi connectivity index (χ2v) is 7.46. The molecular formula is C22H16Cl2N4O3. The Labute approximate surface area is 187 Å². The van der Waals surface area contributed by atoms with Gasteiger partial charge in [0.25, 0.3) is 11.7 Å². The second kappa shape index (κ2) is 8.75. The average molecular weight is 455 g/mol. The van der Waals surface area contributed by atoms with Crippen LogP contribution in [0.1, 0.15) is 15.9 Å². The highest BCUT2D eigenvalue weighted by Crippen LogP contribution is 2.24. The predicted octanol–water partition coefficient (Wildman–Crippen LogP) is 4.62. The molecular weight excluding hydrogens is 439 g/mol. The lowest BCUT2D eigenvalue weighted by Crippen LogP contribution is -2.22. The summed E-state index contributed by atoms with van der Waals surface area (Å²) < 4.78 is 7.10. The number of amides is 1. The van der Waals surface area contributed by atoms with Crippen LogP contribution in [0, 0.1) is 0 Å². The van der Waals surface area contributed by atoms with Gasteiger partial charge in [0, 0.05) is 30.0 Å². The van der Waals surface area contributed by atoms with Gasteiger partial charge in [-0.25, -0.2) is 9.97 Å². The molecule has 9 heteroatoms. The molecule has 0 aliphatic heterocycles. The number of pyridine rings is 2. The van der Waals surface area contributed by atoms with Crippen molar-refractivity contribution in [1.82, 2.24) is 14.5 Å². The second-order valence-electron chi connectivity index (χ2n) is 6.68. The normalized spacial score (nSPS) is 10.8. The van der Waals surface area contributed by atoms with E-state index in [1.165, 1.54) is 12.1 Å². The molecule has 4 aromatic rings. The summed E-state index contributed by atoms with van der Waals surface area (Å²) in [6, 6.07) is 13.9. The summed E-state index contributed by atoms with van der Waals surface area (Å²) in [6.07, 6.45) is 3.27. The smallest absolute Gasteiger partial charge is 0.296 e. The molecule has 0 unspecified atom stereocenters. The van der Waals surface area contributed by atoms with Crippen molar-refractivity contribution in [2.75, 3.05) is 12.4 Å². The van der Waals surface area contributed by atoms with Crippen LogP contribution in [0.25, 0.3) is 11.0 Å². The number of nitrogens with one attached hydrogen (secondary N) is 1. The van der Waals surface area contributed by atoms with Crippen LogP contribution in [0.4, 0.5) is 5.69 Å². The summed E-state index contributed by atoms with van der Waals surface area (Å²) in [6.45, 7) is 0.454. The van der Waals surface area contributed by atoms with Gasteiger partial charge in [-0.1, -0.05) is 35.3 Å². The Morgan fingerprint density at radius 2 is 1.87 bits per heavy atom. The van der Waals surface area contributed by atoms with Crippen molar-refractivity contribution < 1.29 is 14.3 Å². The Morgan fingerprint density at radius 3 is 2.61 bits per heavy atom. The van der Waals surface area contributed by atoms with Gasteiger partial charge in [-0.3, -0.25) is 9.59 Å². The molecule has 0 atom stereocenters. The van der Waals surface area contributed by atoms with Crippen LogP contribution in [-0.2, 0) is 11.3 Å². The molecule has 156 valence electrons. The minimum absolute atomic E-state index is 0.106. The molecule has 1 amide bonds. The van der Waals surface area contributed by atoms with Crippen LogP contribution in [0.15, 0.2) is 60.9 Å². The highest BCUT2D eigenvalue weighted by Gasteiger charge is 2.22. The topological polar surface area (TPSA) is 86.1 Å². The van der Waals surface area contributed by atoms with Gasteiger partial charge in [-0.05, 0) is 42.0 Å². The third-order valence-corrected chi connectivity index (χ3v) is 4.98.